The van der Waals surface area contributed by atoms with E-state index < -0.39 is 0 Å². The number of alkyl halides is 1. The van der Waals surface area contributed by atoms with Crippen LogP contribution in [0.3, 0.4) is 0 Å². The SMILES string of the molecule is CCCOc1cc(Cl)c(C(=O)CCCCl)cc1OCCC. The van der Waals surface area contributed by atoms with Crippen LogP contribution in [0.15, 0.2) is 12.1 Å². The Morgan fingerprint density at radius 2 is 1.67 bits per heavy atom. The van der Waals surface area contributed by atoms with Crippen LogP contribution in [0.5, 0.6) is 11.5 Å². The Hall–Kier alpha value is -0.930. The molecule has 0 aromatic heterocycles. The Balaban J connectivity index is 3.01. The van der Waals surface area contributed by atoms with Crippen LogP contribution in [-0.2, 0) is 0 Å². The molecule has 3 nitrogen and oxygen atoms in total. The quantitative estimate of drug-likeness (QED) is 0.440. The minimum absolute atomic E-state index is 0.0240. The molecule has 1 aromatic rings. The van der Waals surface area contributed by atoms with Crippen LogP contribution in [0.4, 0.5) is 0 Å². The molecule has 0 bridgehead atoms. The topological polar surface area (TPSA) is 35.5 Å². The van der Waals surface area contributed by atoms with Crippen molar-refractivity contribution in [2.45, 2.75) is 39.5 Å². The van der Waals surface area contributed by atoms with E-state index in [0.29, 0.717) is 54.0 Å². The Morgan fingerprint density at radius 1 is 1.10 bits per heavy atom. The lowest BCUT2D eigenvalue weighted by Gasteiger charge is -2.14. The van der Waals surface area contributed by atoms with E-state index in [9.17, 15) is 4.79 Å². The van der Waals surface area contributed by atoms with Gasteiger partial charge >= 0.3 is 0 Å². The summed E-state index contributed by atoms with van der Waals surface area (Å²) in [5.41, 5.74) is 0.469. The Morgan fingerprint density at radius 3 is 2.19 bits per heavy atom. The maximum absolute atomic E-state index is 12.1. The van der Waals surface area contributed by atoms with E-state index in [1.807, 2.05) is 13.8 Å². The van der Waals surface area contributed by atoms with Crippen molar-refractivity contribution in [3.05, 3.63) is 22.7 Å². The first-order valence-electron chi connectivity index (χ1n) is 7.32. The molecule has 0 radical (unpaired) electrons. The van der Waals surface area contributed by atoms with Gasteiger partial charge in [0.05, 0.1) is 18.2 Å². The number of halogens is 2. The Bertz CT molecular complexity index is 461. The van der Waals surface area contributed by atoms with Crippen LogP contribution in [0.1, 0.15) is 49.9 Å². The van der Waals surface area contributed by atoms with Crippen molar-refractivity contribution in [3.63, 3.8) is 0 Å². The molecular formula is C16H22Cl2O3. The molecule has 0 unspecified atom stereocenters. The minimum atomic E-state index is -0.0240. The molecule has 0 spiro atoms. The first kappa shape index (κ1) is 18.1. The van der Waals surface area contributed by atoms with Crippen molar-refractivity contribution in [3.8, 4) is 11.5 Å². The molecule has 1 rings (SSSR count). The van der Waals surface area contributed by atoms with Gasteiger partial charge in [-0.2, -0.15) is 0 Å². The van der Waals surface area contributed by atoms with Gasteiger partial charge in [0.15, 0.2) is 17.3 Å². The van der Waals surface area contributed by atoms with Crippen LogP contribution in [0.2, 0.25) is 5.02 Å². The molecule has 118 valence electrons. The number of carbonyl (C=O) groups is 1. The Labute approximate surface area is 136 Å². The van der Waals surface area contributed by atoms with Crippen molar-refractivity contribution in [1.82, 2.24) is 0 Å². The van der Waals surface area contributed by atoms with Gasteiger partial charge in [-0.05, 0) is 25.3 Å². The third-order valence-electron chi connectivity index (χ3n) is 2.79. The summed E-state index contributed by atoms with van der Waals surface area (Å²) in [5, 5.41) is 0.393. The van der Waals surface area contributed by atoms with Gasteiger partial charge in [0.2, 0.25) is 0 Å². The van der Waals surface area contributed by atoms with Crippen molar-refractivity contribution in [1.29, 1.82) is 0 Å². The summed E-state index contributed by atoms with van der Waals surface area (Å²) in [5.74, 6) is 1.59. The second-order valence-electron chi connectivity index (χ2n) is 4.69. The summed E-state index contributed by atoms with van der Waals surface area (Å²) in [6.45, 7) is 5.20. The normalized spacial score (nSPS) is 10.5. The molecule has 0 atom stereocenters. The summed E-state index contributed by atoms with van der Waals surface area (Å²) in [7, 11) is 0. The second kappa shape index (κ2) is 9.91. The summed E-state index contributed by atoms with van der Waals surface area (Å²) in [4.78, 5) is 12.1. The van der Waals surface area contributed by atoms with E-state index in [2.05, 4.69) is 0 Å². The van der Waals surface area contributed by atoms with Crippen LogP contribution in [0.25, 0.3) is 0 Å². The first-order chi connectivity index (χ1) is 10.1. The molecule has 0 N–H and O–H groups in total. The zero-order valence-electron chi connectivity index (χ0n) is 12.6. The number of hydrogen-bond acceptors (Lipinski definition) is 3. The Kier molecular flexibility index (Phi) is 8.55. The predicted molar refractivity (Wildman–Crippen MR) is 87.3 cm³/mol. The average Bonchev–Trinajstić information content (AvgIpc) is 2.49. The lowest BCUT2D eigenvalue weighted by atomic mass is 10.1. The molecule has 0 saturated heterocycles. The third kappa shape index (κ3) is 5.76. The molecule has 0 amide bonds. The summed E-state index contributed by atoms with van der Waals surface area (Å²) < 4.78 is 11.3. The highest BCUT2D eigenvalue weighted by Gasteiger charge is 2.16. The highest BCUT2D eigenvalue weighted by Crippen LogP contribution is 2.34. The molecule has 21 heavy (non-hydrogen) atoms. The highest BCUT2D eigenvalue weighted by atomic mass is 35.5. The summed E-state index contributed by atoms with van der Waals surface area (Å²) in [6.07, 6.45) is 2.79. The maximum Gasteiger partial charge on any atom is 0.164 e. The molecule has 0 saturated carbocycles. The predicted octanol–water partition coefficient (Wildman–Crippen LogP) is 5.12. The van der Waals surface area contributed by atoms with Crippen LogP contribution < -0.4 is 9.47 Å². The van der Waals surface area contributed by atoms with Crippen molar-refractivity contribution < 1.29 is 14.3 Å². The lowest BCUT2D eigenvalue weighted by molar-refractivity contribution is 0.0981. The molecule has 0 aliphatic rings. The monoisotopic (exact) mass is 332 g/mol. The van der Waals surface area contributed by atoms with E-state index in [1.165, 1.54) is 0 Å². The molecule has 0 aliphatic carbocycles. The third-order valence-corrected chi connectivity index (χ3v) is 3.37. The standard InChI is InChI=1S/C16H22Cl2O3/c1-3-8-20-15-10-12(14(19)6-5-7-17)13(18)11-16(15)21-9-4-2/h10-11H,3-9H2,1-2H3. The number of Topliss-reactive ketones (excluding diaryl/α,β-unsaturated/α-hetero) is 1. The zero-order chi connectivity index (χ0) is 15.7. The van der Waals surface area contributed by atoms with E-state index in [-0.39, 0.29) is 5.78 Å². The fourth-order valence-corrected chi connectivity index (χ4v) is 2.15. The van der Waals surface area contributed by atoms with Gasteiger partial charge in [-0.1, -0.05) is 25.4 Å². The fraction of sp³-hybridized carbons (Fsp3) is 0.562. The minimum Gasteiger partial charge on any atom is -0.490 e. The van der Waals surface area contributed by atoms with Gasteiger partial charge in [-0.3, -0.25) is 4.79 Å². The molecule has 0 heterocycles. The van der Waals surface area contributed by atoms with E-state index in [4.69, 9.17) is 32.7 Å². The fourth-order valence-electron chi connectivity index (χ4n) is 1.76. The number of rotatable bonds is 10. The molecule has 1 aromatic carbocycles. The van der Waals surface area contributed by atoms with Crippen molar-refractivity contribution in [2.75, 3.05) is 19.1 Å². The number of ether oxygens (including phenoxy) is 2. The van der Waals surface area contributed by atoms with Gasteiger partial charge in [-0.15, -0.1) is 11.6 Å². The van der Waals surface area contributed by atoms with Crippen LogP contribution in [0, 0.1) is 0 Å². The van der Waals surface area contributed by atoms with E-state index in [0.717, 1.165) is 12.8 Å². The largest absolute Gasteiger partial charge is 0.490 e. The second-order valence-corrected chi connectivity index (χ2v) is 5.48. The lowest BCUT2D eigenvalue weighted by Crippen LogP contribution is -2.05. The maximum atomic E-state index is 12.1. The number of carbonyl (C=O) groups excluding carboxylic acids is 1. The van der Waals surface area contributed by atoms with Gasteiger partial charge in [0.25, 0.3) is 0 Å². The smallest absolute Gasteiger partial charge is 0.164 e. The first-order valence-corrected chi connectivity index (χ1v) is 8.23. The molecule has 5 heteroatoms. The van der Waals surface area contributed by atoms with Gasteiger partial charge in [-0.25, -0.2) is 0 Å². The average molecular weight is 333 g/mol. The van der Waals surface area contributed by atoms with Crippen LogP contribution in [-0.4, -0.2) is 24.9 Å². The number of ketones is 1. The molecular weight excluding hydrogens is 311 g/mol. The summed E-state index contributed by atoms with van der Waals surface area (Å²) in [6, 6.07) is 3.34. The van der Waals surface area contributed by atoms with Gasteiger partial charge in [0, 0.05) is 23.9 Å². The number of hydrogen-bond donors (Lipinski definition) is 0. The van der Waals surface area contributed by atoms with Gasteiger partial charge in [0.1, 0.15) is 0 Å². The van der Waals surface area contributed by atoms with E-state index in [1.54, 1.807) is 12.1 Å². The highest BCUT2D eigenvalue weighted by molar-refractivity contribution is 6.34. The molecule has 0 aliphatic heterocycles. The molecule has 0 fully saturated rings. The van der Waals surface area contributed by atoms with E-state index >= 15 is 0 Å². The zero-order valence-corrected chi connectivity index (χ0v) is 14.1. The van der Waals surface area contributed by atoms with Crippen molar-refractivity contribution in [2.24, 2.45) is 0 Å². The van der Waals surface area contributed by atoms with Crippen LogP contribution >= 0.6 is 23.2 Å². The van der Waals surface area contributed by atoms with Gasteiger partial charge < -0.3 is 9.47 Å². The van der Waals surface area contributed by atoms with Crippen molar-refractivity contribution >= 4 is 29.0 Å². The summed E-state index contributed by atoms with van der Waals surface area (Å²) >= 11 is 11.8. The number of benzene rings is 1.